The molecule has 0 unspecified atom stereocenters. The van der Waals surface area contributed by atoms with Crippen LogP contribution in [0.2, 0.25) is 0 Å². The van der Waals surface area contributed by atoms with Crippen LogP contribution in [0.15, 0.2) is 29.4 Å². The number of hydrogen-bond acceptors (Lipinski definition) is 7. The van der Waals surface area contributed by atoms with Crippen LogP contribution < -0.4 is 14.8 Å². The second-order valence-corrected chi connectivity index (χ2v) is 8.24. The summed E-state index contributed by atoms with van der Waals surface area (Å²) in [5.41, 5.74) is -0.154. The van der Waals surface area contributed by atoms with E-state index < -0.39 is 46.7 Å². The van der Waals surface area contributed by atoms with Gasteiger partial charge in [0.2, 0.25) is 15.8 Å². The topological polar surface area (TPSA) is 123 Å². The van der Waals surface area contributed by atoms with E-state index in [4.69, 9.17) is 4.74 Å². The second kappa shape index (κ2) is 8.05. The standard InChI is InChI=1S/C17H20F2N4O5S/c1-9-12(8-24)22-29(26,27)14-7-23(2)15(16(14)28-9)13(25)6-21-10-3-4-20-11(5-10)17(18)19/h3-5,7,9,12,17,22,24H,6,8H2,1-2H3,(H,20,21)/t9-,12+/m0/s1. The summed E-state index contributed by atoms with van der Waals surface area (Å²) in [5.74, 6) is -0.618. The van der Waals surface area contributed by atoms with Crippen LogP contribution in [-0.2, 0) is 17.1 Å². The number of ether oxygens (including phenoxy) is 1. The van der Waals surface area contributed by atoms with Gasteiger partial charge in [0.25, 0.3) is 6.43 Å². The number of aliphatic hydroxyl groups is 1. The Hall–Kier alpha value is -2.57. The van der Waals surface area contributed by atoms with Gasteiger partial charge < -0.3 is 19.7 Å². The largest absolute Gasteiger partial charge is 0.485 e. The first kappa shape index (κ1) is 21.1. The van der Waals surface area contributed by atoms with E-state index in [-0.39, 0.29) is 28.6 Å². The highest BCUT2D eigenvalue weighted by molar-refractivity contribution is 7.89. The third-order valence-corrected chi connectivity index (χ3v) is 5.97. The fourth-order valence-corrected chi connectivity index (χ4v) is 4.44. The molecular weight excluding hydrogens is 410 g/mol. The van der Waals surface area contributed by atoms with Crippen molar-refractivity contribution in [1.82, 2.24) is 14.3 Å². The van der Waals surface area contributed by atoms with Gasteiger partial charge in [-0.25, -0.2) is 21.9 Å². The van der Waals surface area contributed by atoms with E-state index >= 15 is 0 Å². The number of hydrogen-bond donors (Lipinski definition) is 3. The van der Waals surface area contributed by atoms with Gasteiger partial charge in [0, 0.05) is 25.1 Å². The van der Waals surface area contributed by atoms with Gasteiger partial charge in [-0.15, -0.1) is 0 Å². The molecule has 0 saturated carbocycles. The first-order chi connectivity index (χ1) is 13.6. The number of nitrogens with one attached hydrogen (secondary N) is 2. The highest BCUT2D eigenvalue weighted by atomic mass is 32.2. The minimum absolute atomic E-state index is 0.00598. The molecule has 29 heavy (non-hydrogen) atoms. The van der Waals surface area contributed by atoms with Gasteiger partial charge in [0.05, 0.1) is 19.2 Å². The molecule has 0 spiro atoms. The summed E-state index contributed by atoms with van der Waals surface area (Å²) in [6, 6.07) is 1.69. The van der Waals surface area contributed by atoms with E-state index in [1.165, 1.54) is 30.1 Å². The van der Waals surface area contributed by atoms with E-state index in [1.54, 1.807) is 6.92 Å². The maximum atomic E-state index is 12.8. The van der Waals surface area contributed by atoms with E-state index in [2.05, 4.69) is 15.0 Å². The number of sulfonamides is 1. The second-order valence-electron chi connectivity index (χ2n) is 6.56. The average Bonchev–Trinajstić information content (AvgIpc) is 2.96. The fourth-order valence-electron chi connectivity index (χ4n) is 2.96. The Kier molecular flexibility index (Phi) is 5.87. The monoisotopic (exact) mass is 430 g/mol. The van der Waals surface area contributed by atoms with Gasteiger partial charge in [-0.2, -0.15) is 0 Å². The van der Waals surface area contributed by atoms with Crippen molar-refractivity contribution in [3.8, 4) is 5.75 Å². The van der Waals surface area contributed by atoms with Crippen molar-refractivity contribution in [2.75, 3.05) is 18.5 Å². The fraction of sp³-hybridized carbons (Fsp3) is 0.412. The summed E-state index contributed by atoms with van der Waals surface area (Å²) in [7, 11) is -2.51. The summed E-state index contributed by atoms with van der Waals surface area (Å²) >= 11 is 0. The number of alkyl halides is 2. The van der Waals surface area contributed by atoms with Crippen molar-refractivity contribution in [2.45, 2.75) is 30.4 Å². The summed E-state index contributed by atoms with van der Waals surface area (Å²) in [6.45, 7) is 0.808. The van der Waals surface area contributed by atoms with Gasteiger partial charge in [0.1, 0.15) is 22.4 Å². The number of aliphatic hydroxyl groups excluding tert-OH is 1. The lowest BCUT2D eigenvalue weighted by molar-refractivity contribution is 0.0983. The third-order valence-electron chi connectivity index (χ3n) is 4.49. The summed E-state index contributed by atoms with van der Waals surface area (Å²) < 4.78 is 60.0. The molecule has 0 aromatic carbocycles. The molecule has 2 atom stereocenters. The number of anilines is 1. The molecule has 0 bridgehead atoms. The number of carbonyl (C=O) groups excluding carboxylic acids is 1. The Labute approximate surface area is 165 Å². The van der Waals surface area contributed by atoms with Crippen molar-refractivity contribution >= 4 is 21.5 Å². The molecule has 0 aliphatic carbocycles. The number of fused-ring (bicyclic) bond motifs is 1. The molecule has 3 rings (SSSR count). The van der Waals surface area contributed by atoms with Gasteiger partial charge >= 0.3 is 0 Å². The summed E-state index contributed by atoms with van der Waals surface area (Å²) in [5, 5.41) is 12.1. The Bertz CT molecular complexity index is 1020. The van der Waals surface area contributed by atoms with E-state index in [9.17, 15) is 27.1 Å². The third kappa shape index (κ3) is 4.23. The van der Waals surface area contributed by atoms with Gasteiger partial charge in [-0.1, -0.05) is 0 Å². The van der Waals surface area contributed by atoms with Crippen molar-refractivity contribution in [3.63, 3.8) is 0 Å². The number of Topliss-reactive ketones (excluding diaryl/α,β-unsaturated/α-hetero) is 1. The lowest BCUT2D eigenvalue weighted by Gasteiger charge is -2.20. The number of pyridine rings is 1. The van der Waals surface area contributed by atoms with Crippen LogP contribution in [0, 0.1) is 0 Å². The van der Waals surface area contributed by atoms with Crippen LogP contribution in [0.4, 0.5) is 14.5 Å². The average molecular weight is 430 g/mol. The molecule has 9 nitrogen and oxygen atoms in total. The lowest BCUT2D eigenvalue weighted by Crippen LogP contribution is -2.44. The number of nitrogens with zero attached hydrogens (tertiary/aromatic N) is 2. The molecule has 3 N–H and O–H groups in total. The van der Waals surface area contributed by atoms with Gasteiger partial charge in [-0.3, -0.25) is 9.78 Å². The molecule has 12 heteroatoms. The Morgan fingerprint density at radius 1 is 1.48 bits per heavy atom. The highest BCUT2D eigenvalue weighted by Crippen LogP contribution is 2.34. The number of aromatic nitrogens is 2. The molecule has 0 radical (unpaired) electrons. The molecule has 158 valence electrons. The minimum Gasteiger partial charge on any atom is -0.485 e. The predicted octanol–water partition coefficient (Wildman–Crippen LogP) is 1.07. The van der Waals surface area contributed by atoms with Crippen molar-refractivity contribution in [1.29, 1.82) is 0 Å². The molecule has 0 amide bonds. The first-order valence-electron chi connectivity index (χ1n) is 8.64. The smallest absolute Gasteiger partial charge is 0.280 e. The Morgan fingerprint density at radius 3 is 2.86 bits per heavy atom. The molecule has 2 aromatic heterocycles. The molecular formula is C17H20F2N4O5S. The van der Waals surface area contributed by atoms with Crippen LogP contribution in [0.5, 0.6) is 5.75 Å². The molecule has 1 aliphatic heterocycles. The van der Waals surface area contributed by atoms with Crippen LogP contribution >= 0.6 is 0 Å². The van der Waals surface area contributed by atoms with Crippen molar-refractivity contribution in [3.05, 3.63) is 35.9 Å². The van der Waals surface area contributed by atoms with Crippen LogP contribution in [0.3, 0.4) is 0 Å². The van der Waals surface area contributed by atoms with Crippen molar-refractivity contribution in [2.24, 2.45) is 7.05 Å². The van der Waals surface area contributed by atoms with Gasteiger partial charge in [0.15, 0.2) is 5.75 Å². The number of aryl methyl sites for hydroxylation is 1. The minimum atomic E-state index is -4.01. The lowest BCUT2D eigenvalue weighted by atomic mass is 10.2. The molecule has 3 heterocycles. The first-order valence-corrected chi connectivity index (χ1v) is 10.1. The normalized spacial score (nSPS) is 20.6. The molecule has 1 aliphatic rings. The van der Waals surface area contributed by atoms with E-state index in [0.717, 1.165) is 6.07 Å². The van der Waals surface area contributed by atoms with E-state index in [1.807, 2.05) is 0 Å². The van der Waals surface area contributed by atoms with Crippen LogP contribution in [-0.4, -0.2) is 54.2 Å². The van der Waals surface area contributed by atoms with Crippen molar-refractivity contribution < 1.29 is 31.8 Å². The highest BCUT2D eigenvalue weighted by Gasteiger charge is 2.37. The SMILES string of the molecule is C[C@@H]1Oc2c(cn(C)c2C(=O)CNc2ccnc(C(F)F)c2)S(=O)(=O)N[C@@H]1CO. The zero-order valence-electron chi connectivity index (χ0n) is 15.6. The van der Waals surface area contributed by atoms with E-state index in [0.29, 0.717) is 0 Å². The Morgan fingerprint density at radius 2 is 2.21 bits per heavy atom. The molecule has 2 aromatic rings. The Balaban J connectivity index is 1.88. The molecule has 0 fully saturated rings. The number of halogens is 2. The zero-order valence-corrected chi connectivity index (χ0v) is 16.4. The zero-order chi connectivity index (χ0) is 21.3. The van der Waals surface area contributed by atoms with Crippen LogP contribution in [0.25, 0.3) is 0 Å². The quantitative estimate of drug-likeness (QED) is 0.586. The predicted molar refractivity (Wildman–Crippen MR) is 98.7 cm³/mol. The maximum absolute atomic E-state index is 12.8. The number of carbonyl (C=O) groups is 1. The van der Waals surface area contributed by atoms with Gasteiger partial charge in [-0.05, 0) is 19.1 Å². The summed E-state index contributed by atoms with van der Waals surface area (Å²) in [6.07, 6.45) is -1.03. The summed E-state index contributed by atoms with van der Waals surface area (Å²) in [4.78, 5) is 16.1. The number of ketones is 1. The maximum Gasteiger partial charge on any atom is 0.280 e. The van der Waals surface area contributed by atoms with Crippen LogP contribution in [0.1, 0.15) is 29.5 Å². The molecule has 0 saturated heterocycles. The number of rotatable bonds is 6.